The highest BCUT2D eigenvalue weighted by molar-refractivity contribution is 7.90. The highest BCUT2D eigenvalue weighted by atomic mass is 32.2. The maximum absolute atomic E-state index is 13.3. The summed E-state index contributed by atoms with van der Waals surface area (Å²) >= 11 is 1.53. The zero-order valence-corrected chi connectivity index (χ0v) is 20.2. The molecule has 0 saturated carbocycles. The van der Waals surface area contributed by atoms with E-state index in [1.165, 1.54) is 23.6 Å². The molecule has 3 heterocycles. The van der Waals surface area contributed by atoms with Gasteiger partial charge in [0, 0.05) is 36.1 Å². The number of nitrogens with one attached hydrogen (secondary N) is 1. The van der Waals surface area contributed by atoms with Crippen molar-refractivity contribution in [1.82, 2.24) is 15.0 Å². The van der Waals surface area contributed by atoms with Gasteiger partial charge in [0.2, 0.25) is 0 Å². The molecule has 3 aromatic heterocycles. The zero-order chi connectivity index (χ0) is 23.8. The van der Waals surface area contributed by atoms with Gasteiger partial charge in [-0.3, -0.25) is 4.79 Å². The molecule has 0 bridgehead atoms. The predicted molar refractivity (Wildman–Crippen MR) is 129 cm³/mol. The number of imidazole rings is 1. The maximum atomic E-state index is 13.3. The lowest BCUT2D eigenvalue weighted by molar-refractivity contribution is 0.0971. The molecule has 0 spiro atoms. The Balaban J connectivity index is 1.65. The van der Waals surface area contributed by atoms with Crippen molar-refractivity contribution in [3.05, 3.63) is 93.8 Å². The minimum atomic E-state index is -3.77. The van der Waals surface area contributed by atoms with Gasteiger partial charge in [-0.05, 0) is 61.0 Å². The first-order chi connectivity index (χ1) is 16.4. The van der Waals surface area contributed by atoms with Crippen LogP contribution < -0.4 is 4.74 Å². The quantitative estimate of drug-likeness (QED) is 0.400. The topological polar surface area (TPSA) is 102 Å². The van der Waals surface area contributed by atoms with Crippen LogP contribution in [0.5, 0.6) is 5.75 Å². The summed E-state index contributed by atoms with van der Waals surface area (Å²) in [6.45, 7) is 1.90. The smallest absolute Gasteiger partial charge is 0.199 e. The summed E-state index contributed by atoms with van der Waals surface area (Å²) in [5, 5.41) is 1.95. The van der Waals surface area contributed by atoms with Crippen molar-refractivity contribution in [2.24, 2.45) is 0 Å². The molecule has 174 valence electrons. The minimum Gasteiger partial charge on any atom is -0.474 e. The molecule has 34 heavy (non-hydrogen) atoms. The largest absolute Gasteiger partial charge is 0.474 e. The summed E-state index contributed by atoms with van der Waals surface area (Å²) in [5.74, 6) is 0.730. The van der Waals surface area contributed by atoms with Crippen LogP contribution in [-0.4, -0.2) is 29.2 Å². The highest BCUT2D eigenvalue weighted by Crippen LogP contribution is 2.40. The molecule has 0 radical (unpaired) electrons. The number of thiophene rings is 1. The second-order valence-corrected chi connectivity index (χ2v) is 11.2. The number of rotatable bonds is 7. The van der Waals surface area contributed by atoms with Crippen LogP contribution in [0.15, 0.2) is 71.5 Å². The Labute approximate surface area is 201 Å². The third-order valence-corrected chi connectivity index (χ3v) is 8.69. The van der Waals surface area contributed by atoms with Crippen LogP contribution >= 0.6 is 11.3 Å². The molecule has 1 aromatic carbocycles. The van der Waals surface area contributed by atoms with Crippen molar-refractivity contribution in [3.8, 4) is 5.75 Å². The van der Waals surface area contributed by atoms with Gasteiger partial charge in [-0.2, -0.15) is 0 Å². The second kappa shape index (κ2) is 8.81. The molecule has 0 saturated heterocycles. The Bertz CT molecular complexity index is 1380. The number of hydrogen-bond donors (Lipinski definition) is 1. The van der Waals surface area contributed by atoms with Gasteiger partial charge in [0.1, 0.15) is 5.75 Å². The fourth-order valence-electron chi connectivity index (χ4n) is 4.34. The Morgan fingerprint density at radius 1 is 1.09 bits per heavy atom. The van der Waals surface area contributed by atoms with Crippen LogP contribution in [0.2, 0.25) is 0 Å². The minimum absolute atomic E-state index is 0.00672. The summed E-state index contributed by atoms with van der Waals surface area (Å²) in [6, 6.07) is 12.1. The number of H-pyrrole nitrogens is 1. The summed E-state index contributed by atoms with van der Waals surface area (Å²) in [6.07, 6.45) is 6.58. The first-order valence-corrected chi connectivity index (χ1v) is 13.5. The van der Waals surface area contributed by atoms with E-state index in [9.17, 15) is 13.2 Å². The van der Waals surface area contributed by atoms with Gasteiger partial charge in [-0.15, -0.1) is 11.3 Å². The first-order valence-electron chi connectivity index (χ1n) is 10.9. The number of pyridine rings is 1. The molecule has 4 aromatic rings. The fourth-order valence-corrected chi connectivity index (χ4v) is 6.51. The average Bonchev–Trinajstić information content (AvgIpc) is 3.57. The molecular weight excluding hydrogens is 470 g/mol. The third-order valence-electron chi connectivity index (χ3n) is 6.07. The Morgan fingerprint density at radius 3 is 2.68 bits per heavy atom. The standard InChI is InChI=1S/C25H23N3O4S2/c1-25(22-8-5-15-33-22,24-27-13-14-28-24)32-21-11-10-18-17(6-4-7-20(18)29)19(21)16-34(30,31)23-9-2-3-12-26-23/h2-3,5,8-15H,4,6-7,16H2,1H3,(H,27,28). The molecular formula is C25H23N3O4S2. The number of ether oxygens (including phenoxy) is 1. The SMILES string of the molecule is CC(Oc1ccc2c(c1CS(=O)(=O)c1ccccn1)CCCC2=O)(c1ncc[nH]1)c1cccs1. The normalized spacial score (nSPS) is 15.5. The second-order valence-electron chi connectivity index (χ2n) is 8.32. The number of aromatic amines is 1. The zero-order valence-electron chi connectivity index (χ0n) is 18.5. The monoisotopic (exact) mass is 493 g/mol. The van der Waals surface area contributed by atoms with Crippen LogP contribution in [0.25, 0.3) is 0 Å². The van der Waals surface area contributed by atoms with Gasteiger partial charge in [0.05, 0.1) is 10.6 Å². The molecule has 9 heteroatoms. The molecule has 1 aliphatic rings. The van der Waals surface area contributed by atoms with E-state index >= 15 is 0 Å². The van der Waals surface area contributed by atoms with E-state index in [1.54, 1.807) is 36.7 Å². The maximum Gasteiger partial charge on any atom is 0.199 e. The van der Waals surface area contributed by atoms with Crippen LogP contribution in [-0.2, 0) is 27.6 Å². The Hall–Kier alpha value is -3.30. The lowest BCUT2D eigenvalue weighted by atomic mass is 9.87. The molecule has 1 unspecified atom stereocenters. The number of carbonyl (C=O) groups is 1. The van der Waals surface area contributed by atoms with Gasteiger partial charge >= 0.3 is 0 Å². The number of benzene rings is 1. The lowest BCUT2D eigenvalue weighted by Gasteiger charge is -2.30. The summed E-state index contributed by atoms with van der Waals surface area (Å²) in [7, 11) is -3.77. The highest BCUT2D eigenvalue weighted by Gasteiger charge is 2.37. The van der Waals surface area contributed by atoms with E-state index in [0.29, 0.717) is 42.0 Å². The van der Waals surface area contributed by atoms with Crippen molar-refractivity contribution in [1.29, 1.82) is 0 Å². The molecule has 0 aliphatic heterocycles. The van der Waals surface area contributed by atoms with Crippen molar-refractivity contribution < 1.29 is 17.9 Å². The van der Waals surface area contributed by atoms with Crippen molar-refractivity contribution in [3.63, 3.8) is 0 Å². The van der Waals surface area contributed by atoms with Crippen molar-refractivity contribution in [2.75, 3.05) is 0 Å². The van der Waals surface area contributed by atoms with Crippen molar-refractivity contribution in [2.45, 2.75) is 42.6 Å². The predicted octanol–water partition coefficient (Wildman–Crippen LogP) is 4.70. The fraction of sp³-hybridized carbons (Fsp3) is 0.240. The van der Waals surface area contributed by atoms with Gasteiger partial charge in [0.25, 0.3) is 0 Å². The molecule has 5 rings (SSSR count). The van der Waals surface area contributed by atoms with E-state index in [0.717, 1.165) is 10.4 Å². The van der Waals surface area contributed by atoms with Crippen LogP contribution in [0, 0.1) is 0 Å². The van der Waals surface area contributed by atoms with E-state index in [4.69, 9.17) is 4.74 Å². The van der Waals surface area contributed by atoms with E-state index in [2.05, 4.69) is 15.0 Å². The van der Waals surface area contributed by atoms with Gasteiger partial charge in [-0.25, -0.2) is 18.4 Å². The number of carbonyl (C=O) groups excluding carboxylic acids is 1. The Kier molecular flexibility index (Phi) is 5.83. The summed E-state index contributed by atoms with van der Waals surface area (Å²) in [4.78, 5) is 25.2. The number of ketones is 1. The van der Waals surface area contributed by atoms with E-state index in [-0.39, 0.29) is 16.6 Å². The number of sulfone groups is 1. The number of Topliss-reactive ketones (excluding diaryl/α,β-unsaturated/α-hetero) is 1. The number of aromatic nitrogens is 3. The summed E-state index contributed by atoms with van der Waals surface area (Å²) in [5.41, 5.74) is 0.834. The first kappa shape index (κ1) is 22.5. The third kappa shape index (κ3) is 4.05. The van der Waals surface area contributed by atoms with E-state index in [1.807, 2.05) is 24.4 Å². The lowest BCUT2D eigenvalue weighted by Crippen LogP contribution is -2.32. The molecule has 1 N–H and O–H groups in total. The van der Waals surface area contributed by atoms with Gasteiger partial charge in [0.15, 0.2) is 32.1 Å². The average molecular weight is 494 g/mol. The molecule has 1 aliphatic carbocycles. The number of nitrogens with zero attached hydrogens (tertiary/aromatic N) is 2. The molecule has 1 atom stereocenters. The molecule has 7 nitrogen and oxygen atoms in total. The van der Waals surface area contributed by atoms with Crippen LogP contribution in [0.3, 0.4) is 0 Å². The molecule has 0 amide bonds. The Morgan fingerprint density at radius 2 is 1.97 bits per heavy atom. The van der Waals surface area contributed by atoms with Gasteiger partial charge in [-0.1, -0.05) is 12.1 Å². The number of hydrogen-bond acceptors (Lipinski definition) is 7. The van der Waals surface area contributed by atoms with Crippen molar-refractivity contribution >= 4 is 27.0 Å². The van der Waals surface area contributed by atoms with Crippen LogP contribution in [0.4, 0.5) is 0 Å². The molecule has 0 fully saturated rings. The van der Waals surface area contributed by atoms with Crippen LogP contribution in [0.1, 0.15) is 52.0 Å². The summed E-state index contributed by atoms with van der Waals surface area (Å²) < 4.78 is 33.3. The number of fused-ring (bicyclic) bond motifs is 1. The van der Waals surface area contributed by atoms with Gasteiger partial charge < -0.3 is 9.72 Å². The van der Waals surface area contributed by atoms with E-state index < -0.39 is 15.4 Å².